The SMILES string of the molecule is CCCNC1(C(F)(F)F)CCCN(C(C)C)CC1. The average molecular weight is 266 g/mol. The molecule has 0 aromatic carbocycles. The predicted octanol–water partition coefficient (Wildman–Crippen LogP) is 3.18. The van der Waals surface area contributed by atoms with Gasteiger partial charge in [-0.1, -0.05) is 6.92 Å². The molecule has 1 saturated heterocycles. The lowest BCUT2D eigenvalue weighted by Crippen LogP contribution is -2.57. The summed E-state index contributed by atoms with van der Waals surface area (Å²) in [6, 6.07) is 0.320. The Balaban J connectivity index is 2.78. The van der Waals surface area contributed by atoms with Crippen molar-refractivity contribution in [1.82, 2.24) is 10.2 Å². The molecule has 1 unspecified atom stereocenters. The lowest BCUT2D eigenvalue weighted by atomic mass is 9.89. The van der Waals surface area contributed by atoms with Crippen LogP contribution in [0.15, 0.2) is 0 Å². The van der Waals surface area contributed by atoms with Gasteiger partial charge in [-0.25, -0.2) is 0 Å². The van der Waals surface area contributed by atoms with Crippen molar-refractivity contribution < 1.29 is 13.2 Å². The van der Waals surface area contributed by atoms with Crippen LogP contribution in [0.2, 0.25) is 0 Å². The summed E-state index contributed by atoms with van der Waals surface area (Å²) in [4.78, 5) is 2.14. The minimum absolute atomic E-state index is 0.161. The maximum Gasteiger partial charge on any atom is 0.406 e. The quantitative estimate of drug-likeness (QED) is 0.840. The van der Waals surface area contributed by atoms with Crippen molar-refractivity contribution in [3.63, 3.8) is 0 Å². The zero-order valence-electron chi connectivity index (χ0n) is 11.6. The average Bonchev–Trinajstić information content (AvgIpc) is 2.48. The highest BCUT2D eigenvalue weighted by molar-refractivity contribution is 4.97. The summed E-state index contributed by atoms with van der Waals surface area (Å²) in [5, 5.41) is 2.77. The van der Waals surface area contributed by atoms with E-state index in [9.17, 15) is 13.2 Å². The van der Waals surface area contributed by atoms with Gasteiger partial charge in [-0.15, -0.1) is 0 Å². The first-order chi connectivity index (χ1) is 8.32. The summed E-state index contributed by atoms with van der Waals surface area (Å²) in [5.41, 5.74) is -1.67. The predicted molar refractivity (Wildman–Crippen MR) is 67.6 cm³/mol. The molecule has 1 aliphatic heterocycles. The molecular weight excluding hydrogens is 241 g/mol. The van der Waals surface area contributed by atoms with E-state index in [-0.39, 0.29) is 12.8 Å². The molecule has 1 fully saturated rings. The van der Waals surface area contributed by atoms with Crippen LogP contribution >= 0.6 is 0 Å². The van der Waals surface area contributed by atoms with Gasteiger partial charge in [0.25, 0.3) is 0 Å². The Morgan fingerprint density at radius 1 is 1.22 bits per heavy atom. The molecule has 0 amide bonds. The van der Waals surface area contributed by atoms with E-state index in [1.165, 1.54) is 0 Å². The summed E-state index contributed by atoms with van der Waals surface area (Å²) >= 11 is 0. The van der Waals surface area contributed by atoms with Crippen LogP contribution in [0.25, 0.3) is 0 Å². The monoisotopic (exact) mass is 266 g/mol. The van der Waals surface area contributed by atoms with Crippen molar-refractivity contribution in [3.05, 3.63) is 0 Å². The van der Waals surface area contributed by atoms with Gasteiger partial charge in [0.1, 0.15) is 5.54 Å². The number of alkyl halides is 3. The number of nitrogens with zero attached hydrogens (tertiary/aromatic N) is 1. The minimum Gasteiger partial charge on any atom is -0.304 e. The molecule has 1 N–H and O–H groups in total. The van der Waals surface area contributed by atoms with Gasteiger partial charge in [-0.2, -0.15) is 13.2 Å². The van der Waals surface area contributed by atoms with Gasteiger partial charge in [0, 0.05) is 12.6 Å². The first-order valence-electron chi connectivity index (χ1n) is 6.88. The Morgan fingerprint density at radius 2 is 1.89 bits per heavy atom. The number of hydrogen-bond donors (Lipinski definition) is 1. The summed E-state index contributed by atoms with van der Waals surface area (Å²) in [6.45, 7) is 7.70. The number of likely N-dealkylation sites (tertiary alicyclic amines) is 1. The van der Waals surface area contributed by atoms with Crippen molar-refractivity contribution in [2.45, 2.75) is 64.2 Å². The standard InChI is InChI=1S/C13H25F3N2/c1-4-8-17-12(13(14,15)16)6-5-9-18(10-7-12)11(2)3/h11,17H,4-10H2,1-3H3. The van der Waals surface area contributed by atoms with E-state index in [1.54, 1.807) is 0 Å². The molecule has 5 heteroatoms. The van der Waals surface area contributed by atoms with E-state index < -0.39 is 11.7 Å². The first-order valence-corrected chi connectivity index (χ1v) is 6.88. The fraction of sp³-hybridized carbons (Fsp3) is 1.00. The fourth-order valence-electron chi connectivity index (χ4n) is 2.60. The lowest BCUT2D eigenvalue weighted by Gasteiger charge is -2.36. The van der Waals surface area contributed by atoms with Gasteiger partial charge in [-0.3, -0.25) is 0 Å². The third kappa shape index (κ3) is 3.60. The maximum atomic E-state index is 13.3. The van der Waals surface area contributed by atoms with Gasteiger partial charge < -0.3 is 10.2 Å². The van der Waals surface area contributed by atoms with Gasteiger partial charge in [-0.05, 0) is 52.6 Å². The van der Waals surface area contributed by atoms with Crippen molar-refractivity contribution in [1.29, 1.82) is 0 Å². The Hall–Kier alpha value is -0.290. The van der Waals surface area contributed by atoms with E-state index >= 15 is 0 Å². The molecule has 1 atom stereocenters. The minimum atomic E-state index is -4.16. The van der Waals surface area contributed by atoms with Crippen LogP contribution in [0.5, 0.6) is 0 Å². The topological polar surface area (TPSA) is 15.3 Å². The van der Waals surface area contributed by atoms with Gasteiger partial charge in [0.15, 0.2) is 0 Å². The zero-order valence-corrected chi connectivity index (χ0v) is 11.6. The summed E-state index contributed by atoms with van der Waals surface area (Å²) in [5.74, 6) is 0. The van der Waals surface area contributed by atoms with Crippen LogP contribution < -0.4 is 5.32 Å². The number of hydrogen-bond acceptors (Lipinski definition) is 2. The summed E-state index contributed by atoms with van der Waals surface area (Å²) in [6.07, 6.45) is -2.47. The van der Waals surface area contributed by atoms with Crippen molar-refractivity contribution in [2.75, 3.05) is 19.6 Å². The number of nitrogens with one attached hydrogen (secondary N) is 1. The summed E-state index contributed by atoms with van der Waals surface area (Å²) in [7, 11) is 0. The Morgan fingerprint density at radius 3 is 2.39 bits per heavy atom. The Labute approximate surface area is 108 Å². The molecule has 0 aliphatic carbocycles. The van der Waals surface area contributed by atoms with Crippen molar-refractivity contribution >= 4 is 0 Å². The van der Waals surface area contributed by atoms with Crippen LogP contribution in [0.1, 0.15) is 46.5 Å². The highest BCUT2D eigenvalue weighted by Gasteiger charge is 2.54. The third-order valence-electron chi connectivity index (χ3n) is 3.86. The second kappa shape index (κ2) is 6.24. The number of halogens is 3. The lowest BCUT2D eigenvalue weighted by molar-refractivity contribution is -0.200. The number of rotatable bonds is 4. The molecule has 2 nitrogen and oxygen atoms in total. The fourth-order valence-corrected chi connectivity index (χ4v) is 2.60. The van der Waals surface area contributed by atoms with E-state index in [0.29, 0.717) is 25.6 Å². The molecule has 1 aliphatic rings. The van der Waals surface area contributed by atoms with E-state index in [4.69, 9.17) is 0 Å². The van der Waals surface area contributed by atoms with Crippen LogP contribution in [0.4, 0.5) is 13.2 Å². The normalized spacial score (nSPS) is 27.5. The van der Waals surface area contributed by atoms with Crippen LogP contribution in [-0.4, -0.2) is 42.3 Å². The zero-order chi connectivity index (χ0) is 13.8. The maximum absolute atomic E-state index is 13.3. The van der Waals surface area contributed by atoms with Crippen LogP contribution in [0.3, 0.4) is 0 Å². The van der Waals surface area contributed by atoms with Crippen molar-refractivity contribution in [2.24, 2.45) is 0 Å². The van der Waals surface area contributed by atoms with Crippen LogP contribution in [-0.2, 0) is 0 Å². The molecule has 0 spiro atoms. The van der Waals surface area contributed by atoms with Gasteiger partial charge in [0.05, 0.1) is 0 Å². The van der Waals surface area contributed by atoms with Crippen molar-refractivity contribution in [3.8, 4) is 0 Å². The van der Waals surface area contributed by atoms with Crippen LogP contribution in [0, 0.1) is 0 Å². The first kappa shape index (κ1) is 15.8. The summed E-state index contributed by atoms with van der Waals surface area (Å²) < 4.78 is 40.0. The largest absolute Gasteiger partial charge is 0.406 e. The van der Waals surface area contributed by atoms with E-state index in [2.05, 4.69) is 10.2 Å². The second-order valence-electron chi connectivity index (χ2n) is 5.49. The molecule has 0 bridgehead atoms. The molecule has 0 radical (unpaired) electrons. The molecule has 18 heavy (non-hydrogen) atoms. The second-order valence-corrected chi connectivity index (χ2v) is 5.49. The Bertz CT molecular complexity index is 253. The molecular formula is C13H25F3N2. The molecule has 0 saturated carbocycles. The highest BCUT2D eigenvalue weighted by Crippen LogP contribution is 2.38. The molecule has 108 valence electrons. The smallest absolute Gasteiger partial charge is 0.304 e. The molecule has 1 heterocycles. The highest BCUT2D eigenvalue weighted by atomic mass is 19.4. The molecule has 0 aromatic rings. The third-order valence-corrected chi connectivity index (χ3v) is 3.86. The van der Waals surface area contributed by atoms with E-state index in [0.717, 1.165) is 13.0 Å². The molecule has 1 rings (SSSR count). The van der Waals surface area contributed by atoms with E-state index in [1.807, 2.05) is 20.8 Å². The van der Waals surface area contributed by atoms with Gasteiger partial charge >= 0.3 is 6.18 Å². The van der Waals surface area contributed by atoms with Gasteiger partial charge in [0.2, 0.25) is 0 Å². The molecule has 0 aromatic heterocycles. The Kier molecular flexibility index (Phi) is 5.46.